The van der Waals surface area contributed by atoms with E-state index in [0.29, 0.717) is 17.3 Å². The number of carbonyl (C=O) groups excluding carboxylic acids is 1. The van der Waals surface area contributed by atoms with E-state index < -0.39 is 5.41 Å². The van der Waals surface area contributed by atoms with E-state index in [-0.39, 0.29) is 17.6 Å². The van der Waals surface area contributed by atoms with Crippen molar-refractivity contribution in [2.75, 3.05) is 34.9 Å². The fourth-order valence-electron chi connectivity index (χ4n) is 4.96. The highest BCUT2D eigenvalue weighted by atomic mass is 16.5. The molecule has 4 rings (SSSR count). The number of phenols is 1. The van der Waals surface area contributed by atoms with Gasteiger partial charge in [-0.05, 0) is 62.2 Å². The predicted molar refractivity (Wildman–Crippen MR) is 100 cm³/mol. The highest BCUT2D eigenvalue weighted by Gasteiger charge is 2.50. The molecular weight excluding hydrogens is 346 g/mol. The second-order valence-corrected chi connectivity index (χ2v) is 7.43. The van der Waals surface area contributed by atoms with Gasteiger partial charge in [-0.15, -0.1) is 0 Å². The summed E-state index contributed by atoms with van der Waals surface area (Å²) in [7, 11) is 6.71. The first-order valence-corrected chi connectivity index (χ1v) is 9.17. The van der Waals surface area contributed by atoms with Crippen molar-refractivity contribution in [1.29, 1.82) is 0 Å². The van der Waals surface area contributed by atoms with Crippen LogP contribution in [0.2, 0.25) is 0 Å². The molecule has 0 spiro atoms. The minimum atomic E-state index is -0.530. The van der Waals surface area contributed by atoms with Gasteiger partial charge in [-0.3, -0.25) is 9.69 Å². The van der Waals surface area contributed by atoms with E-state index in [1.165, 1.54) is 14.2 Å². The maximum Gasteiger partial charge on any atom is 0.220 e. The summed E-state index contributed by atoms with van der Waals surface area (Å²) in [6.45, 7) is 0.874. The molecule has 0 saturated carbocycles. The van der Waals surface area contributed by atoms with Gasteiger partial charge in [0.1, 0.15) is 0 Å². The van der Waals surface area contributed by atoms with E-state index in [0.717, 1.165) is 42.5 Å². The maximum atomic E-state index is 12.6. The molecule has 6 heteroatoms. The summed E-state index contributed by atoms with van der Waals surface area (Å²) in [6, 6.07) is 2.05. The number of allylic oxidation sites excluding steroid dienone is 2. The molecule has 2 atom stereocenters. The Hall–Kier alpha value is -2.47. The van der Waals surface area contributed by atoms with E-state index in [1.54, 1.807) is 13.2 Å². The fraction of sp³-hybridized carbons (Fsp3) is 0.476. The van der Waals surface area contributed by atoms with Gasteiger partial charge in [0, 0.05) is 17.0 Å². The smallest absolute Gasteiger partial charge is 0.220 e. The zero-order valence-corrected chi connectivity index (χ0v) is 16.2. The Bertz CT molecular complexity index is 872. The van der Waals surface area contributed by atoms with Crippen LogP contribution < -0.4 is 9.47 Å². The number of phenolic OH excluding ortho intramolecular Hbond substituents is 1. The lowest BCUT2D eigenvalue weighted by Gasteiger charge is -2.47. The summed E-state index contributed by atoms with van der Waals surface area (Å²) in [4.78, 5) is 14.9. The first-order chi connectivity index (χ1) is 13.0. The molecule has 1 N–H and O–H groups in total. The molecule has 1 heterocycles. The number of aryl methyl sites for hydroxylation is 1. The van der Waals surface area contributed by atoms with E-state index in [9.17, 15) is 9.90 Å². The first kappa shape index (κ1) is 17.9. The summed E-state index contributed by atoms with van der Waals surface area (Å²) in [5.41, 5.74) is 2.53. The van der Waals surface area contributed by atoms with Crippen molar-refractivity contribution in [3.8, 4) is 17.2 Å². The van der Waals surface area contributed by atoms with E-state index in [2.05, 4.69) is 11.9 Å². The number of nitrogens with zero attached hydrogens (tertiary/aromatic N) is 1. The number of methoxy groups -OCH3 is 3. The van der Waals surface area contributed by atoms with Crippen LogP contribution in [-0.2, 0) is 21.4 Å². The molecule has 144 valence electrons. The fourth-order valence-corrected chi connectivity index (χ4v) is 4.96. The van der Waals surface area contributed by atoms with Crippen LogP contribution in [0.4, 0.5) is 0 Å². The van der Waals surface area contributed by atoms with Crippen molar-refractivity contribution in [3.05, 3.63) is 40.7 Å². The van der Waals surface area contributed by atoms with Gasteiger partial charge in [0.2, 0.25) is 11.5 Å². The summed E-state index contributed by atoms with van der Waals surface area (Å²) >= 11 is 0. The normalized spacial score (nSPS) is 27.0. The first-order valence-electron chi connectivity index (χ1n) is 9.17. The summed E-state index contributed by atoms with van der Waals surface area (Å²) in [5, 5.41) is 10.7. The van der Waals surface area contributed by atoms with Crippen LogP contribution in [0.25, 0.3) is 0 Å². The predicted octanol–water partition coefficient (Wildman–Crippen LogP) is 2.34. The van der Waals surface area contributed by atoms with E-state index >= 15 is 0 Å². The van der Waals surface area contributed by atoms with Gasteiger partial charge in [0.25, 0.3) is 0 Å². The number of fused-ring (bicyclic) bond motifs is 1. The molecule has 2 bridgehead atoms. The Labute approximate surface area is 159 Å². The molecule has 1 aromatic rings. The number of hydrogen-bond acceptors (Lipinski definition) is 6. The minimum absolute atomic E-state index is 0.00544. The molecule has 1 fully saturated rings. The standard InChI is InChI=1S/C21H25NO5/c1-22-8-7-21-11-17(26-3)15(23)10-13(21)14(22)6-5-12-9-16(25-2)19(24)20(27-4)18(12)21/h9-11,14,24H,5-8H2,1-4H3/t14-,21?/m0/s1. The molecule has 27 heavy (non-hydrogen) atoms. The second-order valence-electron chi connectivity index (χ2n) is 7.43. The average molecular weight is 371 g/mol. The van der Waals surface area contributed by atoms with Gasteiger partial charge in [0.15, 0.2) is 17.3 Å². The van der Waals surface area contributed by atoms with Crippen LogP contribution in [0.15, 0.2) is 29.6 Å². The molecule has 1 aliphatic heterocycles. The Morgan fingerprint density at radius 3 is 2.67 bits per heavy atom. The maximum absolute atomic E-state index is 12.6. The number of rotatable bonds is 3. The zero-order valence-electron chi connectivity index (χ0n) is 16.2. The second kappa shape index (κ2) is 6.30. The molecule has 1 unspecified atom stereocenters. The van der Waals surface area contributed by atoms with Crippen molar-refractivity contribution < 1.29 is 24.1 Å². The lowest BCUT2D eigenvalue weighted by molar-refractivity contribution is -0.114. The third-order valence-electron chi connectivity index (χ3n) is 6.25. The molecule has 0 amide bonds. The van der Waals surface area contributed by atoms with Crippen molar-refractivity contribution in [3.63, 3.8) is 0 Å². The zero-order chi connectivity index (χ0) is 19.3. The number of benzene rings is 1. The average Bonchev–Trinajstić information content (AvgIpc) is 2.76. The molecular formula is C21H25NO5. The van der Waals surface area contributed by atoms with Crippen molar-refractivity contribution in [1.82, 2.24) is 4.90 Å². The minimum Gasteiger partial charge on any atom is -0.502 e. The molecule has 1 saturated heterocycles. The number of carbonyl (C=O) groups is 1. The molecule has 3 aliphatic rings. The number of likely N-dealkylation sites (tertiary alicyclic amines) is 1. The molecule has 0 radical (unpaired) electrons. The molecule has 0 aromatic heterocycles. The third-order valence-corrected chi connectivity index (χ3v) is 6.25. The van der Waals surface area contributed by atoms with Crippen LogP contribution in [0.1, 0.15) is 24.0 Å². The van der Waals surface area contributed by atoms with Crippen LogP contribution in [0.5, 0.6) is 17.2 Å². The van der Waals surface area contributed by atoms with E-state index in [1.807, 2.05) is 12.1 Å². The largest absolute Gasteiger partial charge is 0.502 e. The number of piperidine rings is 1. The number of ether oxygens (including phenoxy) is 3. The van der Waals surface area contributed by atoms with E-state index in [4.69, 9.17) is 14.2 Å². The molecule has 6 nitrogen and oxygen atoms in total. The molecule has 2 aliphatic carbocycles. The van der Waals surface area contributed by atoms with Gasteiger partial charge >= 0.3 is 0 Å². The van der Waals surface area contributed by atoms with Crippen molar-refractivity contribution in [2.24, 2.45) is 0 Å². The van der Waals surface area contributed by atoms with Crippen molar-refractivity contribution >= 4 is 5.78 Å². The highest BCUT2D eigenvalue weighted by Crippen LogP contribution is 2.56. The summed E-state index contributed by atoms with van der Waals surface area (Å²) in [5.74, 6) is 1.05. The highest BCUT2D eigenvalue weighted by molar-refractivity contribution is 6.05. The summed E-state index contributed by atoms with van der Waals surface area (Å²) < 4.78 is 16.4. The Kier molecular flexibility index (Phi) is 4.18. The lowest BCUT2D eigenvalue weighted by Crippen LogP contribution is -2.49. The third kappa shape index (κ3) is 2.39. The van der Waals surface area contributed by atoms with Gasteiger partial charge < -0.3 is 19.3 Å². The van der Waals surface area contributed by atoms with Gasteiger partial charge in [-0.1, -0.05) is 0 Å². The Balaban J connectivity index is 2.07. The number of ketones is 1. The number of aromatic hydroxyl groups is 1. The van der Waals surface area contributed by atoms with Gasteiger partial charge in [0.05, 0.1) is 21.3 Å². The van der Waals surface area contributed by atoms with Gasteiger partial charge in [-0.2, -0.15) is 0 Å². The Morgan fingerprint density at radius 2 is 2.00 bits per heavy atom. The topological polar surface area (TPSA) is 68.2 Å². The van der Waals surface area contributed by atoms with Crippen LogP contribution in [0, 0.1) is 0 Å². The van der Waals surface area contributed by atoms with Crippen LogP contribution >= 0.6 is 0 Å². The molecule has 1 aromatic carbocycles. The lowest BCUT2D eigenvalue weighted by atomic mass is 9.64. The van der Waals surface area contributed by atoms with Crippen molar-refractivity contribution in [2.45, 2.75) is 30.7 Å². The SMILES string of the molecule is COC1=CC23CCN(C)[C@@H](CCc4cc(OC)c(O)c(OC)c42)C3=CC1=O. The number of likely N-dealkylation sites (N-methyl/N-ethyl adjacent to an activating group) is 1. The Morgan fingerprint density at radius 1 is 1.22 bits per heavy atom. The van der Waals surface area contributed by atoms with Crippen LogP contribution in [0.3, 0.4) is 0 Å². The van der Waals surface area contributed by atoms with Gasteiger partial charge in [-0.25, -0.2) is 0 Å². The van der Waals surface area contributed by atoms with Crippen LogP contribution in [-0.4, -0.2) is 56.8 Å². The monoisotopic (exact) mass is 371 g/mol. The number of hydrogen-bond donors (Lipinski definition) is 1. The quantitative estimate of drug-likeness (QED) is 0.880. The summed E-state index contributed by atoms with van der Waals surface area (Å²) in [6.07, 6.45) is 6.14.